The molecule has 0 unspecified atom stereocenters. The van der Waals surface area contributed by atoms with Gasteiger partial charge in [0.05, 0.1) is 0 Å². The monoisotopic (exact) mass is 516 g/mol. The summed E-state index contributed by atoms with van der Waals surface area (Å²) in [6.07, 6.45) is 14.9. The van der Waals surface area contributed by atoms with E-state index in [2.05, 4.69) is 80.4 Å². The number of nitrogens with zero attached hydrogens (tertiary/aromatic N) is 4. The molecule has 0 saturated heterocycles. The predicted octanol–water partition coefficient (Wildman–Crippen LogP) is 7.72. The fourth-order valence-electron chi connectivity index (χ4n) is 4.00. The average molecular weight is 517 g/mol. The van der Waals surface area contributed by atoms with Crippen molar-refractivity contribution in [2.75, 3.05) is 10.2 Å². The quantitative estimate of drug-likeness (QED) is 0.0783. The molecule has 0 aliphatic rings. The normalized spacial score (nSPS) is 11.5. The van der Waals surface area contributed by atoms with Crippen LogP contribution in [-0.2, 0) is 6.54 Å². The van der Waals surface area contributed by atoms with Crippen LogP contribution in [-0.4, -0.2) is 15.8 Å². The molecule has 4 rings (SSSR count). The maximum absolute atomic E-state index is 5.87. The standard InChI is InChI=1S/C31H30N6.C2H6/c1-3-5-8-25(4-2)29-9-6-7-10-30(29)35-27-13-11-24(12-14-27)23-37(28-17-21-34-22-18-28)31(36-32)26-15-19-33-20-16-26;1-2/h3-22,35H,1,23,32H2,2H3;1-2H3/b8-5-,25-4+,36-31-;. The summed E-state index contributed by atoms with van der Waals surface area (Å²) >= 11 is 0. The molecule has 2 aromatic carbocycles. The lowest BCUT2D eigenvalue weighted by Crippen LogP contribution is -2.32. The summed E-state index contributed by atoms with van der Waals surface area (Å²) in [4.78, 5) is 10.3. The lowest BCUT2D eigenvalue weighted by Gasteiger charge is -2.26. The Morgan fingerprint density at radius 2 is 1.56 bits per heavy atom. The van der Waals surface area contributed by atoms with Crippen molar-refractivity contribution in [2.24, 2.45) is 10.9 Å². The Morgan fingerprint density at radius 3 is 2.18 bits per heavy atom. The second kappa shape index (κ2) is 15.3. The number of nitrogens with two attached hydrogens (primary N) is 1. The van der Waals surface area contributed by atoms with Crippen LogP contribution in [0.5, 0.6) is 0 Å². The van der Waals surface area contributed by atoms with Gasteiger partial charge in [0.2, 0.25) is 0 Å². The molecule has 2 aromatic heterocycles. The first-order valence-corrected chi connectivity index (χ1v) is 13.0. The van der Waals surface area contributed by atoms with Crippen LogP contribution in [0, 0.1) is 0 Å². The van der Waals surface area contributed by atoms with Crippen LogP contribution >= 0.6 is 0 Å². The highest BCUT2D eigenvalue weighted by Gasteiger charge is 2.17. The summed E-state index contributed by atoms with van der Waals surface area (Å²) in [7, 11) is 0. The number of aromatic nitrogens is 2. The minimum Gasteiger partial charge on any atom is -0.355 e. The van der Waals surface area contributed by atoms with Crippen molar-refractivity contribution in [1.82, 2.24) is 9.97 Å². The van der Waals surface area contributed by atoms with Gasteiger partial charge in [0.1, 0.15) is 0 Å². The Hall–Kier alpha value is -4.97. The van der Waals surface area contributed by atoms with E-state index in [1.165, 1.54) is 0 Å². The van der Waals surface area contributed by atoms with Crippen LogP contribution < -0.4 is 16.1 Å². The summed E-state index contributed by atoms with van der Waals surface area (Å²) < 4.78 is 0. The van der Waals surface area contributed by atoms with Gasteiger partial charge in [-0.25, -0.2) is 0 Å². The number of nitrogens with one attached hydrogen (secondary N) is 1. The van der Waals surface area contributed by atoms with Crippen molar-refractivity contribution < 1.29 is 0 Å². The molecule has 6 heteroatoms. The Balaban J connectivity index is 0.00000205. The Morgan fingerprint density at radius 1 is 0.923 bits per heavy atom. The molecule has 2 heterocycles. The molecule has 3 N–H and O–H groups in total. The van der Waals surface area contributed by atoms with Gasteiger partial charge in [-0.3, -0.25) is 9.97 Å². The molecule has 0 radical (unpaired) electrons. The van der Waals surface area contributed by atoms with Crippen molar-refractivity contribution in [1.29, 1.82) is 0 Å². The van der Waals surface area contributed by atoms with Crippen LogP contribution in [0.2, 0.25) is 0 Å². The minimum atomic E-state index is 0.578. The topological polar surface area (TPSA) is 79.4 Å². The largest absolute Gasteiger partial charge is 0.355 e. The molecule has 0 bridgehead atoms. The molecule has 0 saturated carbocycles. The Bertz CT molecular complexity index is 1390. The highest BCUT2D eigenvalue weighted by Crippen LogP contribution is 2.28. The zero-order chi connectivity index (χ0) is 27.9. The summed E-state index contributed by atoms with van der Waals surface area (Å²) in [6.45, 7) is 10.4. The number of amidine groups is 1. The van der Waals surface area contributed by atoms with Crippen LogP contribution in [0.15, 0.2) is 134 Å². The number of rotatable bonds is 9. The summed E-state index contributed by atoms with van der Waals surface area (Å²) in [5.74, 6) is 6.52. The highest BCUT2D eigenvalue weighted by molar-refractivity contribution is 6.09. The maximum Gasteiger partial charge on any atom is 0.160 e. The van der Waals surface area contributed by atoms with Crippen LogP contribution in [0.1, 0.15) is 37.5 Å². The number of allylic oxidation sites excluding steroid dienone is 5. The predicted molar refractivity (Wildman–Crippen MR) is 166 cm³/mol. The molecule has 4 aromatic rings. The van der Waals surface area contributed by atoms with E-state index in [1.807, 2.05) is 63.2 Å². The number of para-hydroxylation sites is 1. The second-order valence-electron chi connectivity index (χ2n) is 8.19. The SMILES string of the molecule is C=C/C=C\C(=C/C)c1ccccc1Nc1ccc(CN(/C(=N\N)c2ccncc2)c2ccncc2)cc1.CC. The first kappa shape index (κ1) is 28.6. The van der Waals surface area contributed by atoms with Crippen molar-refractivity contribution in [3.8, 4) is 0 Å². The number of anilines is 3. The van der Waals surface area contributed by atoms with Crippen molar-refractivity contribution >= 4 is 28.5 Å². The van der Waals surface area contributed by atoms with Gasteiger partial charge in [0.25, 0.3) is 0 Å². The number of hydrogen-bond donors (Lipinski definition) is 2. The third kappa shape index (κ3) is 7.76. The number of benzene rings is 2. The molecule has 0 atom stereocenters. The molecule has 0 spiro atoms. The van der Waals surface area contributed by atoms with E-state index in [9.17, 15) is 0 Å². The van der Waals surface area contributed by atoms with Gasteiger partial charge in [-0.2, -0.15) is 5.10 Å². The number of hydrogen-bond acceptors (Lipinski definition) is 5. The van der Waals surface area contributed by atoms with Gasteiger partial charge in [0.15, 0.2) is 5.84 Å². The van der Waals surface area contributed by atoms with Gasteiger partial charge in [-0.15, -0.1) is 0 Å². The average Bonchev–Trinajstić information content (AvgIpc) is 3.01. The van der Waals surface area contributed by atoms with Crippen molar-refractivity contribution in [3.63, 3.8) is 0 Å². The summed E-state index contributed by atoms with van der Waals surface area (Å²) in [5.41, 5.74) is 7.21. The number of pyridine rings is 2. The summed E-state index contributed by atoms with van der Waals surface area (Å²) in [6, 6.07) is 24.3. The van der Waals surface area contributed by atoms with Gasteiger partial charge in [-0.05, 0) is 60.5 Å². The van der Waals surface area contributed by atoms with Gasteiger partial charge in [-0.1, -0.05) is 75.1 Å². The van der Waals surface area contributed by atoms with E-state index in [0.29, 0.717) is 12.4 Å². The van der Waals surface area contributed by atoms with Gasteiger partial charge < -0.3 is 16.1 Å². The smallest absolute Gasteiger partial charge is 0.160 e. The molecular weight excluding hydrogens is 480 g/mol. The molecule has 0 aliphatic heterocycles. The van der Waals surface area contributed by atoms with E-state index in [1.54, 1.807) is 30.9 Å². The lowest BCUT2D eigenvalue weighted by atomic mass is 10.0. The Labute approximate surface area is 232 Å². The van der Waals surface area contributed by atoms with E-state index in [0.717, 1.165) is 39.3 Å². The first-order chi connectivity index (χ1) is 19.2. The van der Waals surface area contributed by atoms with E-state index >= 15 is 0 Å². The van der Waals surface area contributed by atoms with E-state index in [4.69, 9.17) is 5.84 Å². The zero-order valence-electron chi connectivity index (χ0n) is 22.8. The fourth-order valence-corrected chi connectivity index (χ4v) is 4.00. The van der Waals surface area contributed by atoms with Gasteiger partial charge >= 0.3 is 0 Å². The molecular formula is C33H36N6. The van der Waals surface area contributed by atoms with E-state index < -0.39 is 0 Å². The second-order valence-corrected chi connectivity index (χ2v) is 8.19. The van der Waals surface area contributed by atoms with Crippen LogP contribution in [0.3, 0.4) is 0 Å². The van der Waals surface area contributed by atoms with E-state index in [-0.39, 0.29) is 0 Å². The Kier molecular flexibility index (Phi) is 11.2. The lowest BCUT2D eigenvalue weighted by molar-refractivity contribution is 0.987. The molecule has 198 valence electrons. The maximum atomic E-state index is 5.87. The number of hydrazone groups is 1. The fraction of sp³-hybridized carbons (Fsp3) is 0.121. The summed E-state index contributed by atoms with van der Waals surface area (Å²) in [5, 5.41) is 7.69. The highest BCUT2D eigenvalue weighted by atomic mass is 15.3. The molecule has 0 aliphatic carbocycles. The van der Waals surface area contributed by atoms with Crippen molar-refractivity contribution in [2.45, 2.75) is 27.3 Å². The third-order valence-electron chi connectivity index (χ3n) is 5.83. The zero-order valence-corrected chi connectivity index (χ0v) is 22.8. The molecule has 39 heavy (non-hydrogen) atoms. The molecule has 6 nitrogen and oxygen atoms in total. The first-order valence-electron chi connectivity index (χ1n) is 13.0. The third-order valence-corrected chi connectivity index (χ3v) is 5.83. The van der Waals surface area contributed by atoms with Crippen LogP contribution in [0.4, 0.5) is 17.1 Å². The van der Waals surface area contributed by atoms with Gasteiger partial charge in [0, 0.05) is 59.5 Å². The minimum absolute atomic E-state index is 0.578. The molecule has 0 amide bonds. The molecule has 0 fully saturated rings. The van der Waals surface area contributed by atoms with Crippen LogP contribution in [0.25, 0.3) is 5.57 Å². The van der Waals surface area contributed by atoms with Crippen molar-refractivity contribution in [3.05, 3.63) is 145 Å².